The normalized spacial score (nSPS) is 18.2. The number of aromatic nitrogens is 4. The number of carbonyl (C=O) groups excluding carboxylic acids is 2. The summed E-state index contributed by atoms with van der Waals surface area (Å²) in [5, 5.41) is 2.42. The van der Waals surface area contributed by atoms with Gasteiger partial charge in [0.05, 0.1) is 36.1 Å². The summed E-state index contributed by atoms with van der Waals surface area (Å²) < 4.78 is 47.2. The zero-order chi connectivity index (χ0) is 31.2. The van der Waals surface area contributed by atoms with Gasteiger partial charge in [-0.05, 0) is 44.0 Å². The van der Waals surface area contributed by atoms with Crippen molar-refractivity contribution in [3.8, 4) is 11.3 Å². The lowest BCUT2D eigenvalue weighted by Crippen LogP contribution is -2.55. The predicted octanol–water partition coefficient (Wildman–Crippen LogP) is 5.32. The van der Waals surface area contributed by atoms with Crippen molar-refractivity contribution in [2.24, 2.45) is 5.41 Å². The van der Waals surface area contributed by atoms with Crippen molar-refractivity contribution < 1.29 is 27.5 Å². The van der Waals surface area contributed by atoms with E-state index in [-0.39, 0.29) is 23.2 Å². The van der Waals surface area contributed by atoms with E-state index in [0.29, 0.717) is 53.3 Å². The molecule has 44 heavy (non-hydrogen) atoms. The number of hydrogen-bond donors (Lipinski definition) is 2. The molecule has 3 aromatic heterocycles. The number of hydrogen-bond acceptors (Lipinski definition) is 7. The Morgan fingerprint density at radius 2 is 1.93 bits per heavy atom. The number of benzene rings is 1. The van der Waals surface area contributed by atoms with Crippen molar-refractivity contribution in [1.29, 1.82) is 0 Å². The van der Waals surface area contributed by atoms with Gasteiger partial charge in [-0.2, -0.15) is 13.2 Å². The fourth-order valence-corrected chi connectivity index (χ4v) is 6.26. The number of imidazole rings is 1. The Bertz CT molecular complexity index is 1740. The Labute approximate surface area is 264 Å². The molecule has 0 aliphatic carbocycles. The number of carbonyl (C=O) groups is 2. The predicted molar refractivity (Wildman–Crippen MR) is 165 cm³/mol. The number of fused-ring (bicyclic) bond motifs is 1. The fraction of sp³-hybridized carbons (Fsp3) is 0.367. The number of halogens is 4. The van der Waals surface area contributed by atoms with Gasteiger partial charge in [0.25, 0.3) is 5.91 Å². The standard InChI is InChI=1S/C30H29F3IN7O3/c1-29(15-44-16-29)28(43)40-10-2-3-19(14-40)26-39-23(24-25(35)37-13-21(12-34)41(24)26)17-4-6-18(7-5-17)27(42)38-22-11-20(8-9-36-22)30(31,32)33/h4-9,11,13,19H,2-3,10,12,14-16H2,1H3,(H2,35,37)(H,36,38,42)/t19-/m1/s1. The van der Waals surface area contributed by atoms with Crippen LogP contribution in [0.4, 0.5) is 24.8 Å². The van der Waals surface area contributed by atoms with E-state index in [1.54, 1.807) is 30.5 Å². The molecule has 6 rings (SSSR count). The topological polar surface area (TPSA) is 128 Å². The van der Waals surface area contributed by atoms with Crippen LogP contribution in [0.2, 0.25) is 0 Å². The Balaban J connectivity index is 1.31. The van der Waals surface area contributed by atoms with Crippen molar-refractivity contribution in [3.05, 3.63) is 71.4 Å². The van der Waals surface area contributed by atoms with Crippen molar-refractivity contribution in [3.63, 3.8) is 0 Å². The van der Waals surface area contributed by atoms with E-state index in [0.717, 1.165) is 42.7 Å². The lowest BCUT2D eigenvalue weighted by atomic mass is 9.85. The van der Waals surface area contributed by atoms with Gasteiger partial charge in [-0.15, -0.1) is 0 Å². The maximum Gasteiger partial charge on any atom is 0.416 e. The molecular formula is C30H29F3IN7O3. The summed E-state index contributed by atoms with van der Waals surface area (Å²) in [5.41, 5.74) is 8.08. The van der Waals surface area contributed by atoms with Crippen LogP contribution in [-0.4, -0.2) is 62.4 Å². The summed E-state index contributed by atoms with van der Waals surface area (Å²) in [7, 11) is 0. The second-order valence-corrected chi connectivity index (χ2v) is 12.1. The minimum absolute atomic E-state index is 0.0351. The van der Waals surface area contributed by atoms with Crippen molar-refractivity contribution in [1.82, 2.24) is 24.3 Å². The molecule has 4 aromatic rings. The highest BCUT2D eigenvalue weighted by Gasteiger charge is 2.45. The Kier molecular flexibility index (Phi) is 7.98. The van der Waals surface area contributed by atoms with Crippen LogP contribution in [0, 0.1) is 5.41 Å². The first-order valence-corrected chi connectivity index (χ1v) is 15.5. The first kappa shape index (κ1) is 30.2. The second-order valence-electron chi connectivity index (χ2n) is 11.4. The molecule has 5 heterocycles. The average molecular weight is 720 g/mol. The highest BCUT2D eigenvalue weighted by Crippen LogP contribution is 2.37. The zero-order valence-electron chi connectivity index (χ0n) is 23.7. The van der Waals surface area contributed by atoms with Crippen LogP contribution in [0.3, 0.4) is 0 Å². The monoisotopic (exact) mass is 719 g/mol. The highest BCUT2D eigenvalue weighted by atomic mass is 127. The number of nitrogens with two attached hydrogens (primary N) is 1. The van der Waals surface area contributed by atoms with Crippen LogP contribution in [0.1, 0.15) is 53.1 Å². The fourth-order valence-electron chi connectivity index (χ4n) is 5.73. The molecule has 2 amide bonds. The molecule has 0 unspecified atom stereocenters. The number of nitrogens with one attached hydrogen (secondary N) is 1. The third-order valence-electron chi connectivity index (χ3n) is 8.10. The number of nitrogen functional groups attached to an aromatic ring is 1. The van der Waals surface area contributed by atoms with Crippen LogP contribution in [0.5, 0.6) is 0 Å². The van der Waals surface area contributed by atoms with E-state index in [1.807, 2.05) is 16.2 Å². The Hall–Kier alpha value is -3.79. The van der Waals surface area contributed by atoms with E-state index in [1.165, 1.54) is 0 Å². The molecular weight excluding hydrogens is 690 g/mol. The summed E-state index contributed by atoms with van der Waals surface area (Å²) in [5.74, 6) is 0.340. The SMILES string of the molecule is CC1(C(=O)N2CCC[C@@H](c3nc(-c4ccc(C(=O)Nc5cc(C(F)(F)F)ccn5)cc4)c4c(N)ncc(CI)n34)C2)COC1. The molecule has 0 radical (unpaired) electrons. The number of ether oxygens (including phenoxy) is 1. The Morgan fingerprint density at radius 1 is 1.18 bits per heavy atom. The zero-order valence-corrected chi connectivity index (χ0v) is 25.9. The first-order chi connectivity index (χ1) is 21.0. The van der Waals surface area contributed by atoms with Gasteiger partial charge >= 0.3 is 6.18 Å². The van der Waals surface area contributed by atoms with E-state index >= 15 is 0 Å². The molecule has 2 fully saturated rings. The van der Waals surface area contributed by atoms with Crippen molar-refractivity contribution in [2.75, 3.05) is 37.4 Å². The molecule has 0 saturated carbocycles. The molecule has 14 heteroatoms. The number of nitrogens with zero attached hydrogens (tertiary/aromatic N) is 5. The van der Waals surface area contributed by atoms with Gasteiger partial charge in [0.15, 0.2) is 0 Å². The number of likely N-dealkylation sites (tertiary alicyclic amines) is 1. The lowest BCUT2D eigenvalue weighted by molar-refractivity contribution is -0.170. The van der Waals surface area contributed by atoms with Crippen LogP contribution in [0.15, 0.2) is 48.8 Å². The molecule has 230 valence electrons. The van der Waals surface area contributed by atoms with Gasteiger partial charge in [0.2, 0.25) is 5.91 Å². The number of alkyl halides is 4. The third-order valence-corrected chi connectivity index (χ3v) is 8.89. The average Bonchev–Trinajstić information content (AvgIpc) is 3.41. The summed E-state index contributed by atoms with van der Waals surface area (Å²) in [6.45, 7) is 4.00. The van der Waals surface area contributed by atoms with E-state index in [4.69, 9.17) is 15.5 Å². The molecule has 10 nitrogen and oxygen atoms in total. The minimum atomic E-state index is -4.56. The maximum atomic E-state index is 13.3. The van der Waals surface area contributed by atoms with Gasteiger partial charge in [0, 0.05) is 40.8 Å². The van der Waals surface area contributed by atoms with Crippen molar-refractivity contribution >= 4 is 51.6 Å². The maximum absolute atomic E-state index is 13.3. The van der Waals surface area contributed by atoms with Gasteiger partial charge in [0.1, 0.15) is 28.7 Å². The number of pyridine rings is 1. The summed E-state index contributed by atoms with van der Waals surface area (Å²) in [4.78, 5) is 41.4. The number of piperidine rings is 1. The molecule has 1 atom stereocenters. The number of anilines is 2. The number of amides is 2. The van der Waals surface area contributed by atoms with E-state index < -0.39 is 23.1 Å². The summed E-state index contributed by atoms with van der Waals surface area (Å²) >= 11 is 2.27. The van der Waals surface area contributed by atoms with Gasteiger partial charge in [-0.1, -0.05) is 34.7 Å². The van der Waals surface area contributed by atoms with Crippen LogP contribution < -0.4 is 11.1 Å². The van der Waals surface area contributed by atoms with Gasteiger partial charge in [-0.3, -0.25) is 14.0 Å². The first-order valence-electron chi connectivity index (χ1n) is 14.0. The summed E-state index contributed by atoms with van der Waals surface area (Å²) in [6.07, 6.45) is -0.144. The molecule has 2 aliphatic heterocycles. The molecule has 1 aromatic carbocycles. The highest BCUT2D eigenvalue weighted by molar-refractivity contribution is 14.1. The molecule has 0 spiro atoms. The van der Waals surface area contributed by atoms with Gasteiger partial charge < -0.3 is 20.7 Å². The minimum Gasteiger partial charge on any atom is -0.382 e. The quantitative estimate of drug-likeness (QED) is 0.204. The van der Waals surface area contributed by atoms with E-state index in [9.17, 15) is 22.8 Å². The summed E-state index contributed by atoms with van der Waals surface area (Å²) in [6, 6.07) is 8.18. The molecule has 0 bridgehead atoms. The molecule has 2 saturated heterocycles. The van der Waals surface area contributed by atoms with Crippen LogP contribution in [-0.2, 0) is 20.1 Å². The van der Waals surface area contributed by atoms with E-state index in [2.05, 4.69) is 37.9 Å². The smallest absolute Gasteiger partial charge is 0.382 e. The molecule has 2 aliphatic rings. The van der Waals surface area contributed by atoms with Crippen LogP contribution >= 0.6 is 22.6 Å². The number of rotatable bonds is 6. The molecule has 3 N–H and O–H groups in total. The Morgan fingerprint density at radius 3 is 2.59 bits per heavy atom. The third kappa shape index (κ3) is 5.60. The van der Waals surface area contributed by atoms with Crippen LogP contribution in [0.25, 0.3) is 16.8 Å². The lowest BCUT2D eigenvalue weighted by Gasteiger charge is -2.42. The second kappa shape index (κ2) is 11.6. The van der Waals surface area contributed by atoms with Crippen molar-refractivity contribution in [2.45, 2.75) is 36.3 Å². The van der Waals surface area contributed by atoms with Gasteiger partial charge in [-0.25, -0.2) is 15.0 Å². The largest absolute Gasteiger partial charge is 0.416 e.